The molecule has 0 aliphatic heterocycles. The molecule has 0 aliphatic rings. The van der Waals surface area contributed by atoms with Crippen LogP contribution in [0.5, 0.6) is 0 Å². The number of carbonyl (C=O) groups excluding carboxylic acids is 3. The number of amides is 2. The number of carbonyl (C=O) groups is 3. The molecule has 1 N–H and O–H groups in total. The van der Waals surface area contributed by atoms with E-state index in [4.69, 9.17) is 0 Å². The SMILES string of the molecule is CCC(C)C(=O)OCC(=O)NC(C)=O. The van der Waals surface area contributed by atoms with E-state index < -0.39 is 24.4 Å². The van der Waals surface area contributed by atoms with E-state index in [1.165, 1.54) is 6.92 Å². The Labute approximate surface area is 82.8 Å². The van der Waals surface area contributed by atoms with Gasteiger partial charge < -0.3 is 4.74 Å². The van der Waals surface area contributed by atoms with Crippen molar-refractivity contribution < 1.29 is 19.1 Å². The Morgan fingerprint density at radius 3 is 2.36 bits per heavy atom. The molecule has 1 unspecified atom stereocenters. The number of ether oxygens (including phenoxy) is 1. The Bertz CT molecular complexity index is 237. The Morgan fingerprint density at radius 1 is 1.36 bits per heavy atom. The van der Waals surface area contributed by atoms with Crippen LogP contribution in [-0.2, 0) is 19.1 Å². The highest BCUT2D eigenvalue weighted by Crippen LogP contribution is 2.02. The Kier molecular flexibility index (Phi) is 5.52. The molecule has 0 bridgehead atoms. The minimum Gasteiger partial charge on any atom is -0.455 e. The van der Waals surface area contributed by atoms with Crippen molar-refractivity contribution in [3.05, 3.63) is 0 Å². The molecule has 1 atom stereocenters. The Morgan fingerprint density at radius 2 is 1.93 bits per heavy atom. The molecule has 0 saturated carbocycles. The van der Waals surface area contributed by atoms with Gasteiger partial charge in [-0.3, -0.25) is 19.7 Å². The summed E-state index contributed by atoms with van der Waals surface area (Å²) >= 11 is 0. The van der Waals surface area contributed by atoms with Gasteiger partial charge in [0.1, 0.15) is 0 Å². The van der Waals surface area contributed by atoms with Crippen molar-refractivity contribution in [2.75, 3.05) is 6.61 Å². The summed E-state index contributed by atoms with van der Waals surface area (Å²) < 4.78 is 4.65. The number of hydrogen-bond acceptors (Lipinski definition) is 4. The first-order valence-corrected chi connectivity index (χ1v) is 4.44. The van der Waals surface area contributed by atoms with Gasteiger partial charge in [0.2, 0.25) is 5.91 Å². The summed E-state index contributed by atoms with van der Waals surface area (Å²) in [5, 5.41) is 2.00. The van der Waals surface area contributed by atoms with Crippen LogP contribution in [-0.4, -0.2) is 24.4 Å². The Hall–Kier alpha value is -1.39. The lowest BCUT2D eigenvalue weighted by Crippen LogP contribution is -2.33. The van der Waals surface area contributed by atoms with Gasteiger partial charge in [-0.15, -0.1) is 0 Å². The van der Waals surface area contributed by atoms with Gasteiger partial charge in [-0.25, -0.2) is 0 Å². The summed E-state index contributed by atoms with van der Waals surface area (Å²) in [5.41, 5.74) is 0. The van der Waals surface area contributed by atoms with E-state index in [1.807, 2.05) is 12.2 Å². The van der Waals surface area contributed by atoms with Crippen LogP contribution >= 0.6 is 0 Å². The highest BCUT2D eigenvalue weighted by molar-refractivity contribution is 5.95. The monoisotopic (exact) mass is 201 g/mol. The standard InChI is InChI=1S/C9H15NO4/c1-4-6(2)9(13)14-5-8(12)10-7(3)11/h6H,4-5H2,1-3H3,(H,10,11,12). The van der Waals surface area contributed by atoms with Gasteiger partial charge in [-0.05, 0) is 6.42 Å². The zero-order valence-corrected chi connectivity index (χ0v) is 8.62. The van der Waals surface area contributed by atoms with Crippen molar-refractivity contribution in [2.45, 2.75) is 27.2 Å². The summed E-state index contributed by atoms with van der Waals surface area (Å²) in [5.74, 6) is -1.71. The first-order chi connectivity index (χ1) is 6.47. The third-order valence-electron chi connectivity index (χ3n) is 1.68. The molecule has 0 aromatic rings. The normalized spacial score (nSPS) is 11.6. The summed E-state index contributed by atoms with van der Waals surface area (Å²) in [6.45, 7) is 4.38. The smallest absolute Gasteiger partial charge is 0.309 e. The topological polar surface area (TPSA) is 72.5 Å². The van der Waals surface area contributed by atoms with Crippen LogP contribution in [0.3, 0.4) is 0 Å². The van der Waals surface area contributed by atoms with Gasteiger partial charge in [0.25, 0.3) is 5.91 Å². The van der Waals surface area contributed by atoms with E-state index in [1.54, 1.807) is 6.92 Å². The molecule has 0 aromatic carbocycles. The minimum absolute atomic E-state index is 0.222. The average Bonchev–Trinajstić information content (AvgIpc) is 2.11. The highest BCUT2D eigenvalue weighted by Gasteiger charge is 2.13. The van der Waals surface area contributed by atoms with Crippen LogP contribution in [0.15, 0.2) is 0 Å². The van der Waals surface area contributed by atoms with Crippen molar-refractivity contribution in [1.82, 2.24) is 5.32 Å². The molecule has 0 radical (unpaired) electrons. The molecule has 0 fully saturated rings. The predicted molar refractivity (Wildman–Crippen MR) is 49.2 cm³/mol. The first kappa shape index (κ1) is 12.6. The third-order valence-corrected chi connectivity index (χ3v) is 1.68. The fraction of sp³-hybridized carbons (Fsp3) is 0.667. The van der Waals surface area contributed by atoms with Crippen molar-refractivity contribution in [2.24, 2.45) is 5.92 Å². The minimum atomic E-state index is -0.603. The average molecular weight is 201 g/mol. The van der Waals surface area contributed by atoms with E-state index in [0.717, 1.165) is 0 Å². The summed E-state index contributed by atoms with van der Waals surface area (Å²) in [6, 6.07) is 0. The molecule has 0 rings (SSSR count). The van der Waals surface area contributed by atoms with Crippen LogP contribution < -0.4 is 5.32 Å². The second-order valence-electron chi connectivity index (χ2n) is 3.02. The fourth-order valence-electron chi connectivity index (χ4n) is 0.678. The summed E-state index contributed by atoms with van der Waals surface area (Å²) in [4.78, 5) is 32.4. The lowest BCUT2D eigenvalue weighted by molar-refractivity contribution is -0.152. The van der Waals surface area contributed by atoms with E-state index in [-0.39, 0.29) is 5.92 Å². The van der Waals surface area contributed by atoms with Gasteiger partial charge in [0.05, 0.1) is 5.92 Å². The molecule has 2 amide bonds. The number of esters is 1. The molecule has 0 heterocycles. The van der Waals surface area contributed by atoms with Crippen LogP contribution in [0.1, 0.15) is 27.2 Å². The summed E-state index contributed by atoms with van der Waals surface area (Å²) in [6.07, 6.45) is 0.660. The zero-order valence-electron chi connectivity index (χ0n) is 8.62. The maximum absolute atomic E-state index is 11.1. The quantitative estimate of drug-likeness (QED) is 0.661. The second kappa shape index (κ2) is 6.12. The molecule has 0 aliphatic carbocycles. The molecule has 5 heteroatoms. The molecule has 0 spiro atoms. The number of hydrogen-bond donors (Lipinski definition) is 1. The van der Waals surface area contributed by atoms with E-state index >= 15 is 0 Å². The van der Waals surface area contributed by atoms with E-state index in [2.05, 4.69) is 4.74 Å². The van der Waals surface area contributed by atoms with Crippen molar-refractivity contribution >= 4 is 17.8 Å². The van der Waals surface area contributed by atoms with E-state index in [0.29, 0.717) is 6.42 Å². The van der Waals surface area contributed by atoms with Crippen molar-refractivity contribution in [3.8, 4) is 0 Å². The second-order valence-corrected chi connectivity index (χ2v) is 3.02. The van der Waals surface area contributed by atoms with Crippen LogP contribution in [0.4, 0.5) is 0 Å². The largest absolute Gasteiger partial charge is 0.455 e. The first-order valence-electron chi connectivity index (χ1n) is 4.44. The maximum Gasteiger partial charge on any atom is 0.309 e. The predicted octanol–water partition coefficient (Wildman–Crippen LogP) is 0.238. The molecule has 5 nitrogen and oxygen atoms in total. The number of rotatable bonds is 4. The van der Waals surface area contributed by atoms with Crippen LogP contribution in [0.25, 0.3) is 0 Å². The molecular weight excluding hydrogens is 186 g/mol. The van der Waals surface area contributed by atoms with Gasteiger partial charge in [-0.2, -0.15) is 0 Å². The van der Waals surface area contributed by atoms with Crippen LogP contribution in [0.2, 0.25) is 0 Å². The fourth-order valence-corrected chi connectivity index (χ4v) is 0.678. The zero-order chi connectivity index (χ0) is 11.1. The Balaban J connectivity index is 3.77. The molecular formula is C9H15NO4. The summed E-state index contributed by atoms with van der Waals surface area (Å²) in [7, 11) is 0. The van der Waals surface area contributed by atoms with Gasteiger partial charge in [0.15, 0.2) is 6.61 Å². The molecule has 14 heavy (non-hydrogen) atoms. The molecule has 0 saturated heterocycles. The number of nitrogens with one attached hydrogen (secondary N) is 1. The van der Waals surface area contributed by atoms with Gasteiger partial charge in [0, 0.05) is 6.92 Å². The maximum atomic E-state index is 11.1. The van der Waals surface area contributed by atoms with E-state index in [9.17, 15) is 14.4 Å². The van der Waals surface area contributed by atoms with Crippen molar-refractivity contribution in [1.29, 1.82) is 0 Å². The van der Waals surface area contributed by atoms with Gasteiger partial charge >= 0.3 is 5.97 Å². The van der Waals surface area contributed by atoms with Crippen LogP contribution in [0, 0.1) is 5.92 Å². The lowest BCUT2D eigenvalue weighted by Gasteiger charge is -2.08. The highest BCUT2D eigenvalue weighted by atomic mass is 16.5. The number of imide groups is 1. The third kappa shape index (κ3) is 5.29. The molecule has 0 aromatic heterocycles. The molecule has 80 valence electrons. The van der Waals surface area contributed by atoms with Gasteiger partial charge in [-0.1, -0.05) is 13.8 Å². The van der Waals surface area contributed by atoms with Crippen molar-refractivity contribution in [3.63, 3.8) is 0 Å². The lowest BCUT2D eigenvalue weighted by atomic mass is 10.1.